The molecule has 13 nitrogen and oxygen atoms in total. The Hall–Kier alpha value is -4.16. The Labute approximate surface area is 295 Å². The Bertz CT molecular complexity index is 1400. The van der Waals surface area contributed by atoms with E-state index in [0.717, 1.165) is 30.4 Å². The molecule has 50 heavy (non-hydrogen) atoms. The molecular weight excluding hydrogens is 640 g/mol. The van der Waals surface area contributed by atoms with Crippen molar-refractivity contribution in [3.8, 4) is 0 Å². The van der Waals surface area contributed by atoms with Gasteiger partial charge in [0, 0.05) is 13.1 Å². The number of carbonyl (C=O) groups is 6. The number of nitrogens with two attached hydrogens (primary N) is 1. The van der Waals surface area contributed by atoms with E-state index in [1.165, 1.54) is 0 Å². The maximum atomic E-state index is 14.7. The molecule has 0 spiro atoms. The van der Waals surface area contributed by atoms with Crippen molar-refractivity contribution in [1.82, 2.24) is 26.2 Å². The highest BCUT2D eigenvalue weighted by Gasteiger charge is 2.48. The average Bonchev–Trinajstić information content (AvgIpc) is 3.67. The van der Waals surface area contributed by atoms with Crippen molar-refractivity contribution in [2.24, 2.45) is 34.8 Å². The van der Waals surface area contributed by atoms with Crippen LogP contribution in [0.5, 0.6) is 0 Å². The van der Waals surface area contributed by atoms with Crippen LogP contribution in [0.3, 0.4) is 0 Å². The molecule has 2 aliphatic carbocycles. The SMILES string of the molecule is CCNC(=O)OC[C@@H](NC(=O)N[C@H](C(=O)N1CC[C@H](C(C)C)C1C(=O)NC(CC1CCC1)C(=O)C(N)=O)C1Cc2ccccc2C1)C(C)(C)C. The van der Waals surface area contributed by atoms with E-state index in [2.05, 4.69) is 21.3 Å². The molecule has 1 aliphatic heterocycles. The second-order valence-electron chi connectivity index (χ2n) is 15.6. The number of hydrogen-bond acceptors (Lipinski definition) is 7. The molecule has 4 rings (SSSR count). The molecular formula is C37H56N6O7. The van der Waals surface area contributed by atoms with E-state index in [4.69, 9.17) is 10.5 Å². The van der Waals surface area contributed by atoms with Crippen LogP contribution in [0, 0.1) is 29.1 Å². The number of primary amides is 1. The zero-order chi connectivity index (χ0) is 36.7. The molecule has 0 radical (unpaired) electrons. The van der Waals surface area contributed by atoms with Crippen LogP contribution in [0.1, 0.15) is 84.8 Å². The van der Waals surface area contributed by atoms with E-state index in [0.29, 0.717) is 38.8 Å². The van der Waals surface area contributed by atoms with Gasteiger partial charge in [0.1, 0.15) is 18.7 Å². The van der Waals surface area contributed by atoms with Crippen LogP contribution in [-0.4, -0.2) is 84.4 Å². The van der Waals surface area contributed by atoms with E-state index in [1.807, 2.05) is 58.9 Å². The highest BCUT2D eigenvalue weighted by Crippen LogP contribution is 2.35. The number of rotatable bonds is 14. The van der Waals surface area contributed by atoms with E-state index < -0.39 is 59.3 Å². The average molecular weight is 697 g/mol. The summed E-state index contributed by atoms with van der Waals surface area (Å²) in [5.41, 5.74) is 7.08. The van der Waals surface area contributed by atoms with E-state index in [9.17, 15) is 28.8 Å². The highest BCUT2D eigenvalue weighted by atomic mass is 16.5. The van der Waals surface area contributed by atoms with Crippen molar-refractivity contribution in [3.63, 3.8) is 0 Å². The van der Waals surface area contributed by atoms with Gasteiger partial charge in [0.15, 0.2) is 0 Å². The number of urea groups is 1. The summed E-state index contributed by atoms with van der Waals surface area (Å²) in [5, 5.41) is 11.3. The molecule has 0 aromatic heterocycles. The summed E-state index contributed by atoms with van der Waals surface area (Å²) in [5.74, 6) is -3.07. The first kappa shape index (κ1) is 38.6. The van der Waals surface area contributed by atoms with E-state index >= 15 is 0 Å². The fourth-order valence-electron chi connectivity index (χ4n) is 7.41. The molecule has 6 amide bonds. The van der Waals surface area contributed by atoms with Gasteiger partial charge < -0.3 is 36.6 Å². The summed E-state index contributed by atoms with van der Waals surface area (Å²) < 4.78 is 5.36. The Morgan fingerprint density at radius 1 is 0.960 bits per heavy atom. The first-order valence-corrected chi connectivity index (χ1v) is 18.1. The first-order chi connectivity index (χ1) is 23.6. The second-order valence-corrected chi connectivity index (χ2v) is 15.6. The number of Topliss-reactive ketones (excluding diaryl/α,β-unsaturated/α-hetero) is 1. The monoisotopic (exact) mass is 696 g/mol. The smallest absolute Gasteiger partial charge is 0.407 e. The number of alkyl carbamates (subject to hydrolysis) is 1. The van der Waals surface area contributed by atoms with E-state index in [-0.39, 0.29) is 36.2 Å². The van der Waals surface area contributed by atoms with Crippen molar-refractivity contribution in [2.75, 3.05) is 19.7 Å². The Morgan fingerprint density at radius 2 is 1.60 bits per heavy atom. The number of carbonyl (C=O) groups excluding carboxylic acids is 6. The lowest BCUT2D eigenvalue weighted by Crippen LogP contribution is -2.61. The molecule has 3 aliphatic rings. The number of hydrogen-bond donors (Lipinski definition) is 5. The number of nitrogens with zero attached hydrogens (tertiary/aromatic N) is 1. The maximum Gasteiger partial charge on any atom is 0.407 e. The van der Waals surface area contributed by atoms with Gasteiger partial charge in [-0.3, -0.25) is 19.2 Å². The molecule has 1 aromatic rings. The Kier molecular flexibility index (Phi) is 12.9. The van der Waals surface area contributed by atoms with Crippen LogP contribution >= 0.6 is 0 Å². The van der Waals surface area contributed by atoms with Crippen LogP contribution in [0.4, 0.5) is 9.59 Å². The van der Waals surface area contributed by atoms with Crippen molar-refractivity contribution in [2.45, 2.75) is 111 Å². The number of ketones is 1. The third-order valence-corrected chi connectivity index (χ3v) is 10.7. The molecule has 2 fully saturated rings. The van der Waals surface area contributed by atoms with Crippen molar-refractivity contribution >= 4 is 35.6 Å². The largest absolute Gasteiger partial charge is 0.447 e. The molecule has 0 bridgehead atoms. The van der Waals surface area contributed by atoms with Gasteiger partial charge in [0.2, 0.25) is 17.6 Å². The Morgan fingerprint density at radius 3 is 2.12 bits per heavy atom. The zero-order valence-electron chi connectivity index (χ0n) is 30.4. The quantitative estimate of drug-likeness (QED) is 0.185. The van der Waals surface area contributed by atoms with Gasteiger partial charge in [-0.1, -0.05) is 78.1 Å². The summed E-state index contributed by atoms with van der Waals surface area (Å²) in [4.78, 5) is 80.9. The molecule has 1 heterocycles. The lowest BCUT2D eigenvalue weighted by atomic mass is 9.80. The predicted molar refractivity (Wildman–Crippen MR) is 188 cm³/mol. The van der Waals surface area contributed by atoms with Gasteiger partial charge >= 0.3 is 12.1 Å². The number of amides is 6. The van der Waals surface area contributed by atoms with Crippen LogP contribution in [0.15, 0.2) is 24.3 Å². The molecule has 5 atom stereocenters. The zero-order valence-corrected chi connectivity index (χ0v) is 30.4. The van der Waals surface area contributed by atoms with Crippen molar-refractivity contribution < 1.29 is 33.5 Å². The third-order valence-electron chi connectivity index (χ3n) is 10.7. The van der Waals surface area contributed by atoms with Crippen LogP contribution in [-0.2, 0) is 36.8 Å². The predicted octanol–water partition coefficient (Wildman–Crippen LogP) is 2.83. The van der Waals surface area contributed by atoms with Gasteiger partial charge in [-0.15, -0.1) is 0 Å². The molecule has 1 saturated heterocycles. The van der Waals surface area contributed by atoms with Gasteiger partial charge in [0.25, 0.3) is 5.91 Å². The fraction of sp³-hybridized carbons (Fsp3) is 0.676. The lowest BCUT2D eigenvalue weighted by Gasteiger charge is -2.36. The summed E-state index contributed by atoms with van der Waals surface area (Å²) in [6, 6.07) is 3.82. The standard InChI is InChI=1S/C37H56N6O7/c1-7-39-36(49)50-20-28(37(4,5)6)41-35(48)42-29(25-18-23-13-8-9-14-24(23)19-25)34(47)43-16-15-26(21(2)3)30(43)33(46)40-27(31(44)32(38)45)17-22-11-10-12-22/h8-9,13-14,21-22,25-30H,7,10-12,15-20H2,1-6H3,(H2,38,45)(H,39,49)(H,40,46)(H2,41,42,48)/t26-,27?,28-,29+,30?/m1/s1. The summed E-state index contributed by atoms with van der Waals surface area (Å²) in [6.07, 6.45) is 4.26. The van der Waals surface area contributed by atoms with Crippen molar-refractivity contribution in [1.29, 1.82) is 0 Å². The topological polar surface area (TPSA) is 189 Å². The number of nitrogens with one attached hydrogen (secondary N) is 4. The fourth-order valence-corrected chi connectivity index (χ4v) is 7.41. The first-order valence-electron chi connectivity index (χ1n) is 18.1. The molecule has 13 heteroatoms. The maximum absolute atomic E-state index is 14.7. The minimum Gasteiger partial charge on any atom is -0.447 e. The summed E-state index contributed by atoms with van der Waals surface area (Å²) in [6.45, 7) is 12.1. The number of likely N-dealkylation sites (tertiary alicyclic amines) is 1. The lowest BCUT2D eigenvalue weighted by molar-refractivity contribution is -0.144. The molecule has 2 unspecified atom stereocenters. The number of ether oxygens (including phenoxy) is 1. The van der Waals surface area contributed by atoms with Crippen LogP contribution in [0.2, 0.25) is 0 Å². The molecule has 276 valence electrons. The van der Waals surface area contributed by atoms with Gasteiger partial charge in [0.05, 0.1) is 12.1 Å². The van der Waals surface area contributed by atoms with E-state index in [1.54, 1.807) is 11.8 Å². The minimum atomic E-state index is -1.10. The Balaban J connectivity index is 1.59. The number of fused-ring (bicyclic) bond motifs is 1. The third kappa shape index (κ3) is 9.54. The van der Waals surface area contributed by atoms with Gasteiger partial charge in [-0.05, 0) is 72.8 Å². The molecule has 1 aromatic carbocycles. The van der Waals surface area contributed by atoms with Crippen LogP contribution < -0.4 is 27.0 Å². The van der Waals surface area contributed by atoms with Gasteiger partial charge in [-0.2, -0.15) is 0 Å². The van der Waals surface area contributed by atoms with Gasteiger partial charge in [-0.25, -0.2) is 9.59 Å². The van der Waals surface area contributed by atoms with Crippen LogP contribution in [0.25, 0.3) is 0 Å². The van der Waals surface area contributed by atoms with Crippen molar-refractivity contribution in [3.05, 3.63) is 35.4 Å². The normalized spacial score (nSPS) is 21.0. The second kappa shape index (κ2) is 16.7. The summed E-state index contributed by atoms with van der Waals surface area (Å²) in [7, 11) is 0. The number of benzene rings is 1. The molecule has 1 saturated carbocycles. The summed E-state index contributed by atoms with van der Waals surface area (Å²) >= 11 is 0. The highest BCUT2D eigenvalue weighted by molar-refractivity contribution is 6.37. The molecule has 6 N–H and O–H groups in total. The minimum absolute atomic E-state index is 0.0309.